The Hall–Kier alpha value is -0.170. The van der Waals surface area contributed by atoms with Gasteiger partial charge in [-0.1, -0.05) is 45.3 Å². The summed E-state index contributed by atoms with van der Waals surface area (Å²) in [5.41, 5.74) is 0.343. The SMILES string of the molecule is N#CC(Cl)(c1ccccc1Cl)N(Cl)Cl. The third kappa shape index (κ3) is 2.08. The lowest BCUT2D eigenvalue weighted by atomic mass is 10.1. The zero-order valence-corrected chi connectivity index (χ0v) is 9.74. The maximum Gasteiger partial charge on any atom is 0.237 e. The van der Waals surface area contributed by atoms with Crippen molar-refractivity contribution >= 4 is 46.8 Å². The molecular weight excluding hydrogens is 266 g/mol. The summed E-state index contributed by atoms with van der Waals surface area (Å²) in [5, 5.41) is 9.21. The highest BCUT2D eigenvalue weighted by Gasteiger charge is 2.37. The fraction of sp³-hybridized carbons (Fsp3) is 0.125. The molecule has 1 rings (SSSR count). The second-order valence-corrected chi connectivity index (χ2v) is 4.25. The molecule has 1 aromatic rings. The average molecular weight is 270 g/mol. The average Bonchev–Trinajstić information content (AvgIpc) is 2.17. The summed E-state index contributed by atoms with van der Waals surface area (Å²) in [6.45, 7) is 0. The molecule has 0 aromatic heterocycles. The summed E-state index contributed by atoms with van der Waals surface area (Å²) >= 11 is 22.7. The Morgan fingerprint density at radius 3 is 2.29 bits per heavy atom. The van der Waals surface area contributed by atoms with Crippen molar-refractivity contribution in [3.63, 3.8) is 0 Å². The molecule has 0 spiro atoms. The third-order valence-electron chi connectivity index (χ3n) is 1.61. The summed E-state index contributed by atoms with van der Waals surface area (Å²) in [6.07, 6.45) is 0. The number of halogens is 4. The van der Waals surface area contributed by atoms with E-state index in [1.165, 1.54) is 0 Å². The van der Waals surface area contributed by atoms with Gasteiger partial charge in [-0.3, -0.25) is 0 Å². The molecule has 0 bridgehead atoms. The molecule has 0 aliphatic heterocycles. The lowest BCUT2D eigenvalue weighted by Crippen LogP contribution is -2.27. The predicted octanol–water partition coefficient (Wildman–Crippen LogP) is 3.86. The number of hydrogen-bond donors (Lipinski definition) is 0. The molecule has 0 amide bonds. The van der Waals surface area contributed by atoms with Crippen LogP contribution in [-0.2, 0) is 5.00 Å². The first-order valence-electron chi connectivity index (χ1n) is 3.49. The molecule has 74 valence electrons. The highest BCUT2D eigenvalue weighted by molar-refractivity contribution is 6.41. The third-order valence-corrected chi connectivity index (χ3v) is 3.08. The topological polar surface area (TPSA) is 27.0 Å². The molecule has 0 heterocycles. The maximum absolute atomic E-state index is 8.88. The quantitative estimate of drug-likeness (QED) is 0.463. The second-order valence-electron chi connectivity index (χ2n) is 2.45. The predicted molar refractivity (Wildman–Crippen MR) is 58.1 cm³/mol. The van der Waals surface area contributed by atoms with Crippen LogP contribution in [0.3, 0.4) is 0 Å². The zero-order valence-electron chi connectivity index (χ0n) is 6.72. The highest BCUT2D eigenvalue weighted by Crippen LogP contribution is 2.39. The number of alkyl halides is 1. The summed E-state index contributed by atoms with van der Waals surface area (Å²) in [4.78, 5) is -1.67. The summed E-state index contributed by atoms with van der Waals surface area (Å²) in [7, 11) is 0. The second kappa shape index (κ2) is 4.57. The lowest BCUT2D eigenvalue weighted by Gasteiger charge is -2.22. The van der Waals surface area contributed by atoms with E-state index in [0.29, 0.717) is 14.5 Å². The van der Waals surface area contributed by atoms with Gasteiger partial charge < -0.3 is 0 Å². The normalized spacial score (nSPS) is 14.9. The molecule has 1 aromatic carbocycles. The van der Waals surface area contributed by atoms with Gasteiger partial charge in [0.2, 0.25) is 5.00 Å². The molecule has 1 unspecified atom stereocenters. The van der Waals surface area contributed by atoms with E-state index in [2.05, 4.69) is 0 Å². The fourth-order valence-corrected chi connectivity index (χ4v) is 1.66. The van der Waals surface area contributed by atoms with E-state index in [1.807, 2.05) is 0 Å². The van der Waals surface area contributed by atoms with Gasteiger partial charge in [0.1, 0.15) is 6.07 Å². The lowest BCUT2D eigenvalue weighted by molar-refractivity contribution is 0.552. The molecule has 0 aliphatic rings. The van der Waals surface area contributed by atoms with E-state index in [9.17, 15) is 0 Å². The Morgan fingerprint density at radius 2 is 1.86 bits per heavy atom. The van der Waals surface area contributed by atoms with Crippen LogP contribution in [0, 0.1) is 11.3 Å². The molecule has 1 atom stereocenters. The number of nitrogens with zero attached hydrogens (tertiary/aromatic N) is 2. The van der Waals surface area contributed by atoms with Crippen LogP contribution in [0.25, 0.3) is 0 Å². The molecule has 6 heteroatoms. The van der Waals surface area contributed by atoms with Crippen LogP contribution in [-0.4, -0.2) is 3.94 Å². The van der Waals surface area contributed by atoms with Crippen molar-refractivity contribution < 1.29 is 0 Å². The fourth-order valence-electron chi connectivity index (χ4n) is 0.919. The van der Waals surface area contributed by atoms with Gasteiger partial charge in [-0.2, -0.15) is 5.26 Å². The van der Waals surface area contributed by atoms with Gasteiger partial charge in [0.05, 0.1) is 0 Å². The number of benzene rings is 1. The Bertz CT molecular complexity index is 374. The van der Waals surface area contributed by atoms with Crippen LogP contribution in [0.4, 0.5) is 0 Å². The van der Waals surface area contributed by atoms with E-state index >= 15 is 0 Å². The van der Waals surface area contributed by atoms with E-state index in [1.54, 1.807) is 30.3 Å². The van der Waals surface area contributed by atoms with Crippen LogP contribution >= 0.6 is 46.8 Å². The minimum Gasteiger partial charge on any atom is -0.194 e. The van der Waals surface area contributed by atoms with Crippen LogP contribution in [0.1, 0.15) is 5.56 Å². The van der Waals surface area contributed by atoms with Crippen molar-refractivity contribution in [1.29, 1.82) is 5.26 Å². The largest absolute Gasteiger partial charge is 0.237 e. The monoisotopic (exact) mass is 268 g/mol. The Kier molecular flexibility index (Phi) is 3.88. The van der Waals surface area contributed by atoms with Crippen LogP contribution in [0.2, 0.25) is 5.02 Å². The molecule has 0 saturated heterocycles. The first-order valence-corrected chi connectivity index (χ1v) is 4.92. The number of hydrogen-bond acceptors (Lipinski definition) is 2. The van der Waals surface area contributed by atoms with Gasteiger partial charge >= 0.3 is 0 Å². The number of rotatable bonds is 2. The Balaban J connectivity index is 3.28. The van der Waals surface area contributed by atoms with Crippen LogP contribution in [0.5, 0.6) is 0 Å². The maximum atomic E-state index is 8.88. The Labute approximate surface area is 102 Å². The van der Waals surface area contributed by atoms with Crippen LogP contribution < -0.4 is 0 Å². The van der Waals surface area contributed by atoms with Crippen molar-refractivity contribution in [2.75, 3.05) is 0 Å². The standard InChI is InChI=1S/C8H4Cl4N2/c9-7-4-2-1-3-6(7)8(10,5-13)14(11)12/h1-4H. The molecule has 0 N–H and O–H groups in total. The summed E-state index contributed by atoms with van der Waals surface area (Å²) in [6, 6.07) is 8.36. The molecule has 2 nitrogen and oxygen atoms in total. The van der Waals surface area contributed by atoms with Gasteiger partial charge in [0.15, 0.2) is 0 Å². The first kappa shape index (κ1) is 11.9. The van der Waals surface area contributed by atoms with Gasteiger partial charge in [-0.05, 0) is 29.6 Å². The smallest absolute Gasteiger partial charge is 0.194 e. The van der Waals surface area contributed by atoms with Crippen molar-refractivity contribution in [2.45, 2.75) is 5.00 Å². The van der Waals surface area contributed by atoms with Gasteiger partial charge in [-0.15, -0.1) is 0 Å². The van der Waals surface area contributed by atoms with E-state index in [0.717, 1.165) is 0 Å². The molecular formula is C8H4Cl4N2. The molecule has 0 saturated carbocycles. The van der Waals surface area contributed by atoms with Gasteiger partial charge in [0.25, 0.3) is 0 Å². The Morgan fingerprint density at radius 1 is 1.29 bits per heavy atom. The van der Waals surface area contributed by atoms with Crippen molar-refractivity contribution in [3.8, 4) is 6.07 Å². The van der Waals surface area contributed by atoms with E-state index < -0.39 is 5.00 Å². The van der Waals surface area contributed by atoms with Crippen molar-refractivity contribution in [2.24, 2.45) is 0 Å². The van der Waals surface area contributed by atoms with Gasteiger partial charge in [0, 0.05) is 10.6 Å². The summed E-state index contributed by atoms with van der Waals surface area (Å²) in [5.74, 6) is 0. The van der Waals surface area contributed by atoms with Crippen LogP contribution in [0.15, 0.2) is 24.3 Å². The van der Waals surface area contributed by atoms with Crippen molar-refractivity contribution in [3.05, 3.63) is 34.9 Å². The molecule has 0 aliphatic carbocycles. The molecule has 0 fully saturated rings. The summed E-state index contributed by atoms with van der Waals surface area (Å²) < 4.78 is 0.565. The van der Waals surface area contributed by atoms with E-state index in [4.69, 9.17) is 52.0 Å². The van der Waals surface area contributed by atoms with E-state index in [-0.39, 0.29) is 0 Å². The van der Waals surface area contributed by atoms with Crippen molar-refractivity contribution in [1.82, 2.24) is 3.94 Å². The minimum absolute atomic E-state index is 0.329. The number of nitriles is 1. The zero-order chi connectivity index (χ0) is 10.8. The van der Waals surface area contributed by atoms with Gasteiger partial charge in [-0.25, -0.2) is 0 Å². The highest BCUT2D eigenvalue weighted by atomic mass is 35.5. The molecule has 14 heavy (non-hydrogen) atoms. The molecule has 0 radical (unpaired) electrons. The first-order chi connectivity index (χ1) is 6.52. The minimum atomic E-state index is -1.67.